The molecule has 120 valence electrons. The van der Waals surface area contributed by atoms with Crippen LogP contribution in [0.3, 0.4) is 0 Å². The van der Waals surface area contributed by atoms with Crippen molar-refractivity contribution in [3.63, 3.8) is 0 Å². The highest BCUT2D eigenvalue weighted by Gasteiger charge is 2.32. The van der Waals surface area contributed by atoms with Crippen molar-refractivity contribution in [3.05, 3.63) is 0 Å². The average Bonchev–Trinajstić information content (AvgIpc) is 2.36. The van der Waals surface area contributed by atoms with Crippen LogP contribution >= 0.6 is 50.5 Å². The number of aliphatic hydroxyl groups excluding tert-OH is 4. The zero-order valence-electron chi connectivity index (χ0n) is 11.0. The van der Waals surface area contributed by atoms with Gasteiger partial charge in [-0.1, -0.05) is 0 Å². The molecule has 4 N–H and O–H groups in total. The van der Waals surface area contributed by atoms with Crippen LogP contribution in [-0.4, -0.2) is 65.8 Å². The molecule has 0 amide bonds. The van der Waals surface area contributed by atoms with Crippen molar-refractivity contribution in [2.24, 2.45) is 0 Å². The fraction of sp³-hybridized carbons (Fsp3) is 1.00. The lowest BCUT2D eigenvalue weighted by molar-refractivity contribution is -0.00466. The summed E-state index contributed by atoms with van der Waals surface area (Å²) in [6, 6.07) is 0. The van der Waals surface area contributed by atoms with Gasteiger partial charge in [0.05, 0.1) is 24.4 Å². The summed E-state index contributed by atoms with van der Waals surface area (Å²) in [5, 5.41) is 38.7. The predicted octanol–water partition coefficient (Wildman–Crippen LogP) is 0.198. The zero-order chi connectivity index (χ0) is 15.4. The lowest BCUT2D eigenvalue weighted by atomic mass is 9.94. The SMILES string of the molecule is OC1CC(S)C(S)CC(O)C(O)CC(S)C(S)CC1O. The Morgan fingerprint density at radius 3 is 0.750 bits per heavy atom. The van der Waals surface area contributed by atoms with Crippen LogP contribution in [0, 0.1) is 0 Å². The van der Waals surface area contributed by atoms with E-state index in [4.69, 9.17) is 0 Å². The van der Waals surface area contributed by atoms with Gasteiger partial charge in [0.1, 0.15) is 0 Å². The Labute approximate surface area is 142 Å². The summed E-state index contributed by atoms with van der Waals surface area (Å²) >= 11 is 17.4. The van der Waals surface area contributed by atoms with E-state index in [9.17, 15) is 20.4 Å². The van der Waals surface area contributed by atoms with Crippen LogP contribution in [0.4, 0.5) is 0 Å². The van der Waals surface area contributed by atoms with Crippen LogP contribution < -0.4 is 0 Å². The molecule has 0 heterocycles. The van der Waals surface area contributed by atoms with Crippen LogP contribution in [0.1, 0.15) is 25.7 Å². The van der Waals surface area contributed by atoms with E-state index < -0.39 is 24.4 Å². The number of aliphatic hydroxyl groups is 4. The third kappa shape index (κ3) is 5.79. The molecule has 0 aromatic heterocycles. The standard InChI is InChI=1S/C12H24O4S4/c13-5-1-9(17)10(18)3-7(15)8(16)4-12(20)11(19)2-6(5)14/h5-20H,1-4H2. The van der Waals surface area contributed by atoms with E-state index in [1.807, 2.05) is 0 Å². The molecule has 20 heavy (non-hydrogen) atoms. The van der Waals surface area contributed by atoms with Gasteiger partial charge >= 0.3 is 0 Å². The maximum atomic E-state index is 9.97. The molecule has 8 unspecified atom stereocenters. The second-order valence-corrected chi connectivity index (χ2v) is 8.13. The molecule has 0 aliphatic heterocycles. The summed E-state index contributed by atoms with van der Waals surface area (Å²) in [7, 11) is 0. The summed E-state index contributed by atoms with van der Waals surface area (Å²) < 4.78 is 0. The lowest BCUT2D eigenvalue weighted by Gasteiger charge is -2.31. The maximum Gasteiger partial charge on any atom is 0.0810 e. The van der Waals surface area contributed by atoms with E-state index in [0.717, 1.165) is 0 Å². The molecule has 1 saturated carbocycles. The quantitative estimate of drug-likeness (QED) is 0.297. The topological polar surface area (TPSA) is 80.9 Å². The molecular weight excluding hydrogens is 336 g/mol. The van der Waals surface area contributed by atoms with Crippen LogP contribution in [0.5, 0.6) is 0 Å². The van der Waals surface area contributed by atoms with Crippen molar-refractivity contribution >= 4 is 50.5 Å². The zero-order valence-corrected chi connectivity index (χ0v) is 14.6. The first kappa shape index (κ1) is 19.3. The van der Waals surface area contributed by atoms with Crippen molar-refractivity contribution < 1.29 is 20.4 Å². The molecule has 8 atom stereocenters. The van der Waals surface area contributed by atoms with E-state index in [2.05, 4.69) is 50.5 Å². The van der Waals surface area contributed by atoms with Crippen LogP contribution in [-0.2, 0) is 0 Å². The molecule has 4 nitrogen and oxygen atoms in total. The largest absolute Gasteiger partial charge is 0.390 e. The molecular formula is C12H24O4S4. The molecule has 1 fully saturated rings. The molecule has 0 aromatic rings. The Hall–Kier alpha value is 1.24. The van der Waals surface area contributed by atoms with Crippen LogP contribution in [0.15, 0.2) is 0 Å². The van der Waals surface area contributed by atoms with Crippen molar-refractivity contribution in [3.8, 4) is 0 Å². The van der Waals surface area contributed by atoms with Gasteiger partial charge in [0.15, 0.2) is 0 Å². The van der Waals surface area contributed by atoms with Gasteiger partial charge in [-0.25, -0.2) is 0 Å². The minimum absolute atomic E-state index is 0.263. The summed E-state index contributed by atoms with van der Waals surface area (Å²) in [6.45, 7) is 0. The number of rotatable bonds is 0. The fourth-order valence-electron chi connectivity index (χ4n) is 2.25. The second kappa shape index (κ2) is 8.76. The van der Waals surface area contributed by atoms with Gasteiger partial charge in [-0.05, 0) is 25.7 Å². The minimum atomic E-state index is -0.913. The van der Waals surface area contributed by atoms with Gasteiger partial charge in [-0.15, -0.1) is 0 Å². The minimum Gasteiger partial charge on any atom is -0.390 e. The lowest BCUT2D eigenvalue weighted by Crippen LogP contribution is -2.40. The first-order valence-corrected chi connectivity index (χ1v) is 8.73. The van der Waals surface area contributed by atoms with Gasteiger partial charge in [-0.2, -0.15) is 50.5 Å². The highest BCUT2D eigenvalue weighted by Crippen LogP contribution is 2.27. The Balaban J connectivity index is 2.81. The number of hydrogen-bond donors (Lipinski definition) is 8. The third-order valence-corrected chi connectivity index (χ3v) is 6.46. The predicted molar refractivity (Wildman–Crippen MR) is 93.6 cm³/mol. The molecule has 1 aliphatic carbocycles. The summed E-state index contributed by atoms with van der Waals surface area (Å²) in [5.74, 6) is 0. The van der Waals surface area contributed by atoms with Gasteiger partial charge in [0, 0.05) is 21.0 Å². The van der Waals surface area contributed by atoms with Gasteiger partial charge in [0.2, 0.25) is 0 Å². The highest BCUT2D eigenvalue weighted by molar-refractivity contribution is 7.85. The van der Waals surface area contributed by atoms with Gasteiger partial charge in [-0.3, -0.25) is 0 Å². The Morgan fingerprint density at radius 2 is 0.600 bits per heavy atom. The van der Waals surface area contributed by atoms with Gasteiger partial charge < -0.3 is 20.4 Å². The molecule has 1 aliphatic rings. The number of thiol groups is 4. The van der Waals surface area contributed by atoms with E-state index in [0.29, 0.717) is 0 Å². The smallest absolute Gasteiger partial charge is 0.0810 e. The summed E-state index contributed by atoms with van der Waals surface area (Å²) in [5.41, 5.74) is 0. The average molecular weight is 361 g/mol. The Kier molecular flexibility index (Phi) is 8.45. The normalized spacial score (nSPS) is 49.2. The molecule has 0 bridgehead atoms. The Bertz CT molecular complexity index is 217. The highest BCUT2D eigenvalue weighted by atomic mass is 32.1. The summed E-state index contributed by atoms with van der Waals surface area (Å²) in [6.07, 6.45) is -2.60. The van der Waals surface area contributed by atoms with Crippen molar-refractivity contribution in [1.29, 1.82) is 0 Å². The first-order chi connectivity index (χ1) is 9.22. The third-order valence-electron chi connectivity index (χ3n) is 3.71. The van der Waals surface area contributed by atoms with E-state index in [-0.39, 0.29) is 46.7 Å². The van der Waals surface area contributed by atoms with E-state index >= 15 is 0 Å². The van der Waals surface area contributed by atoms with E-state index in [1.165, 1.54) is 0 Å². The van der Waals surface area contributed by atoms with Crippen molar-refractivity contribution in [1.82, 2.24) is 0 Å². The fourth-order valence-corrected chi connectivity index (χ4v) is 3.60. The van der Waals surface area contributed by atoms with E-state index in [1.54, 1.807) is 0 Å². The van der Waals surface area contributed by atoms with Crippen LogP contribution in [0.25, 0.3) is 0 Å². The molecule has 1 rings (SSSR count). The van der Waals surface area contributed by atoms with Crippen LogP contribution in [0.2, 0.25) is 0 Å². The first-order valence-electron chi connectivity index (χ1n) is 6.66. The molecule has 0 spiro atoms. The Morgan fingerprint density at radius 1 is 0.450 bits per heavy atom. The maximum absolute atomic E-state index is 9.97. The molecule has 0 aromatic carbocycles. The molecule has 0 radical (unpaired) electrons. The summed E-state index contributed by atoms with van der Waals surface area (Å²) in [4.78, 5) is 0. The van der Waals surface area contributed by atoms with Crippen molar-refractivity contribution in [2.45, 2.75) is 71.1 Å². The molecule has 8 heteroatoms. The van der Waals surface area contributed by atoms with Crippen molar-refractivity contribution in [2.75, 3.05) is 0 Å². The monoisotopic (exact) mass is 360 g/mol. The second-order valence-electron chi connectivity index (χ2n) is 5.48. The van der Waals surface area contributed by atoms with Gasteiger partial charge in [0.25, 0.3) is 0 Å². The number of hydrogen-bond acceptors (Lipinski definition) is 8. The molecule has 0 saturated heterocycles.